The molecule has 5 heteroatoms. The summed E-state index contributed by atoms with van der Waals surface area (Å²) in [5.41, 5.74) is 3.51. The van der Waals surface area contributed by atoms with Gasteiger partial charge in [-0.3, -0.25) is 0 Å². The molecule has 1 aromatic carbocycles. The average Bonchev–Trinajstić information content (AvgIpc) is 2.68. The fourth-order valence-electron chi connectivity index (χ4n) is 2.54. The molecule has 19 heavy (non-hydrogen) atoms. The molecule has 0 radical (unpaired) electrons. The highest BCUT2D eigenvalue weighted by molar-refractivity contribution is 5.93. The van der Waals surface area contributed by atoms with Crippen molar-refractivity contribution in [1.82, 2.24) is 10.7 Å². The van der Waals surface area contributed by atoms with E-state index in [1.807, 2.05) is 0 Å². The van der Waals surface area contributed by atoms with E-state index in [9.17, 15) is 9.18 Å². The van der Waals surface area contributed by atoms with Crippen molar-refractivity contribution in [2.24, 2.45) is 0 Å². The van der Waals surface area contributed by atoms with Crippen LogP contribution in [0.25, 0.3) is 0 Å². The van der Waals surface area contributed by atoms with Crippen LogP contribution in [-0.2, 0) is 0 Å². The minimum Gasteiger partial charge on any atom is -0.317 e. The zero-order valence-electron chi connectivity index (χ0n) is 11.4. The molecule has 0 saturated carbocycles. The van der Waals surface area contributed by atoms with E-state index in [4.69, 9.17) is 0 Å². The van der Waals surface area contributed by atoms with Crippen LogP contribution in [0.15, 0.2) is 24.3 Å². The molecule has 0 aliphatic carbocycles. The summed E-state index contributed by atoms with van der Waals surface area (Å²) in [4.78, 5) is 12.1. The number of rotatable bonds is 5. The minimum absolute atomic E-state index is 0.187. The van der Waals surface area contributed by atoms with Gasteiger partial charge in [0, 0.05) is 0 Å². The molecule has 2 N–H and O–H groups in total. The molecule has 1 saturated heterocycles. The Labute approximate surface area is 113 Å². The van der Waals surface area contributed by atoms with E-state index in [1.54, 1.807) is 12.1 Å². The molecular weight excluding hydrogens is 245 g/mol. The van der Waals surface area contributed by atoms with Crippen molar-refractivity contribution in [3.63, 3.8) is 0 Å². The van der Waals surface area contributed by atoms with E-state index < -0.39 is 0 Å². The number of urea groups is 1. The van der Waals surface area contributed by atoms with E-state index in [2.05, 4.69) is 24.6 Å². The Morgan fingerprint density at radius 1 is 1.16 bits per heavy atom. The molecule has 0 unspecified atom stereocenters. The van der Waals surface area contributed by atoms with Gasteiger partial charge in [0.1, 0.15) is 11.5 Å². The first kappa shape index (κ1) is 13.8. The van der Waals surface area contributed by atoms with Gasteiger partial charge in [-0.2, -0.15) is 0 Å². The Morgan fingerprint density at radius 3 is 2.26 bits per heavy atom. The highest BCUT2D eigenvalue weighted by atomic mass is 19.1. The number of hydrogen-bond acceptors (Lipinski definition) is 2. The van der Waals surface area contributed by atoms with Crippen molar-refractivity contribution in [2.75, 3.05) is 5.01 Å². The number of anilines is 1. The Balaban J connectivity index is 2.20. The lowest BCUT2D eigenvalue weighted by Crippen LogP contribution is -2.51. The summed E-state index contributed by atoms with van der Waals surface area (Å²) in [7, 11) is 0. The number of carbonyl (C=O) groups excluding carboxylic acids is 1. The highest BCUT2D eigenvalue weighted by Gasteiger charge is 2.41. The van der Waals surface area contributed by atoms with Crippen molar-refractivity contribution in [1.29, 1.82) is 0 Å². The topological polar surface area (TPSA) is 44.4 Å². The van der Waals surface area contributed by atoms with Crippen molar-refractivity contribution in [3.8, 4) is 0 Å². The second kappa shape index (κ2) is 5.57. The summed E-state index contributed by atoms with van der Waals surface area (Å²) >= 11 is 0. The van der Waals surface area contributed by atoms with Crippen molar-refractivity contribution in [2.45, 2.75) is 45.2 Å². The molecule has 1 fully saturated rings. The fraction of sp³-hybridized carbons (Fsp3) is 0.500. The van der Waals surface area contributed by atoms with Crippen LogP contribution in [0.2, 0.25) is 0 Å². The van der Waals surface area contributed by atoms with E-state index in [-0.39, 0.29) is 17.5 Å². The first-order chi connectivity index (χ1) is 9.10. The van der Waals surface area contributed by atoms with Gasteiger partial charge in [0.15, 0.2) is 0 Å². The summed E-state index contributed by atoms with van der Waals surface area (Å²) in [5, 5.41) is 4.48. The number of hydrazine groups is 1. The summed E-state index contributed by atoms with van der Waals surface area (Å²) in [6.45, 7) is 4.18. The third-order valence-electron chi connectivity index (χ3n) is 3.31. The number of halogens is 1. The van der Waals surface area contributed by atoms with Crippen LogP contribution in [-0.4, -0.2) is 11.7 Å². The number of benzene rings is 1. The largest absolute Gasteiger partial charge is 0.338 e. The van der Waals surface area contributed by atoms with Gasteiger partial charge in [-0.05, 0) is 37.1 Å². The first-order valence-electron chi connectivity index (χ1n) is 6.76. The van der Waals surface area contributed by atoms with E-state index >= 15 is 0 Å². The molecule has 1 heterocycles. The normalized spacial score (nSPS) is 17.6. The van der Waals surface area contributed by atoms with E-state index in [0.29, 0.717) is 5.69 Å². The van der Waals surface area contributed by atoms with Crippen LogP contribution >= 0.6 is 0 Å². The predicted octanol–water partition coefficient (Wildman–Crippen LogP) is 3.16. The van der Waals surface area contributed by atoms with Crippen LogP contribution < -0.4 is 15.8 Å². The van der Waals surface area contributed by atoms with Gasteiger partial charge >= 0.3 is 6.03 Å². The maximum absolute atomic E-state index is 12.9. The summed E-state index contributed by atoms with van der Waals surface area (Å²) in [6.07, 6.45) is 3.68. The Kier molecular flexibility index (Phi) is 4.04. The Hall–Kier alpha value is -1.62. The molecule has 4 nitrogen and oxygen atoms in total. The molecule has 2 amide bonds. The number of carbonyl (C=O) groups is 1. The first-order valence-corrected chi connectivity index (χ1v) is 6.76. The third kappa shape index (κ3) is 2.87. The van der Waals surface area contributed by atoms with Crippen molar-refractivity contribution in [3.05, 3.63) is 30.1 Å². The number of amides is 2. The molecule has 2 rings (SSSR count). The number of hydrogen-bond donors (Lipinski definition) is 2. The van der Waals surface area contributed by atoms with Crippen LogP contribution in [0.5, 0.6) is 0 Å². The standard InChI is InChI=1S/C14H20FN3O/c1-3-9-14(10-4-2)16-13(19)18(17-14)12-7-5-11(15)6-8-12/h5-8,17H,3-4,9-10H2,1-2H3,(H,16,19). The van der Waals surface area contributed by atoms with E-state index in [1.165, 1.54) is 17.1 Å². The second-order valence-electron chi connectivity index (χ2n) is 4.94. The predicted molar refractivity (Wildman–Crippen MR) is 73.1 cm³/mol. The fourth-order valence-corrected chi connectivity index (χ4v) is 2.54. The third-order valence-corrected chi connectivity index (χ3v) is 3.31. The minimum atomic E-state index is -0.380. The zero-order valence-corrected chi connectivity index (χ0v) is 11.4. The van der Waals surface area contributed by atoms with E-state index in [0.717, 1.165) is 25.7 Å². The molecular formula is C14H20FN3O. The van der Waals surface area contributed by atoms with Gasteiger partial charge in [-0.25, -0.2) is 19.6 Å². The second-order valence-corrected chi connectivity index (χ2v) is 4.94. The van der Waals surface area contributed by atoms with Crippen LogP contribution in [0.3, 0.4) is 0 Å². The number of nitrogens with zero attached hydrogens (tertiary/aromatic N) is 1. The van der Waals surface area contributed by atoms with Crippen molar-refractivity contribution >= 4 is 11.7 Å². The molecule has 1 aromatic rings. The van der Waals surface area contributed by atoms with Gasteiger partial charge in [-0.1, -0.05) is 26.7 Å². The maximum Gasteiger partial charge on any atom is 0.338 e. The molecule has 104 valence electrons. The molecule has 0 atom stereocenters. The monoisotopic (exact) mass is 265 g/mol. The van der Waals surface area contributed by atoms with Crippen LogP contribution in [0.1, 0.15) is 39.5 Å². The molecule has 0 bridgehead atoms. The van der Waals surface area contributed by atoms with Crippen LogP contribution in [0.4, 0.5) is 14.9 Å². The zero-order chi connectivity index (χ0) is 13.9. The maximum atomic E-state index is 12.9. The molecule has 0 aromatic heterocycles. The van der Waals surface area contributed by atoms with Gasteiger partial charge < -0.3 is 5.32 Å². The molecule has 1 aliphatic heterocycles. The lowest BCUT2D eigenvalue weighted by molar-refractivity contribution is 0.240. The van der Waals surface area contributed by atoms with Gasteiger partial charge in [0.2, 0.25) is 0 Å². The van der Waals surface area contributed by atoms with Crippen LogP contribution in [0, 0.1) is 5.82 Å². The Bertz CT molecular complexity index is 441. The van der Waals surface area contributed by atoms with Gasteiger partial charge in [0.25, 0.3) is 0 Å². The Morgan fingerprint density at radius 2 is 1.74 bits per heavy atom. The molecule has 0 spiro atoms. The lowest BCUT2D eigenvalue weighted by atomic mass is 10.00. The van der Waals surface area contributed by atoms with Gasteiger partial charge in [-0.15, -0.1) is 0 Å². The summed E-state index contributed by atoms with van der Waals surface area (Å²) < 4.78 is 12.9. The number of nitrogens with one attached hydrogen (secondary N) is 2. The summed E-state index contributed by atoms with van der Waals surface area (Å²) in [5.74, 6) is -0.309. The van der Waals surface area contributed by atoms with Gasteiger partial charge in [0.05, 0.1) is 5.69 Å². The molecule has 1 aliphatic rings. The smallest absolute Gasteiger partial charge is 0.317 e. The highest BCUT2D eigenvalue weighted by Crippen LogP contribution is 2.25. The summed E-state index contributed by atoms with van der Waals surface area (Å²) in [6, 6.07) is 5.70. The SMILES string of the molecule is CCCC1(CCC)NC(=O)N(c2ccc(F)cc2)N1. The van der Waals surface area contributed by atoms with Crippen molar-refractivity contribution < 1.29 is 9.18 Å². The average molecular weight is 265 g/mol. The quantitative estimate of drug-likeness (QED) is 0.859. The lowest BCUT2D eigenvalue weighted by Gasteiger charge is -2.28.